The minimum atomic E-state index is -0.298. The summed E-state index contributed by atoms with van der Waals surface area (Å²) in [4.78, 5) is 11.6. The van der Waals surface area contributed by atoms with Crippen LogP contribution in [0.15, 0.2) is 18.2 Å². The molecule has 1 aromatic rings. The third kappa shape index (κ3) is 2.95. The van der Waals surface area contributed by atoms with Crippen LogP contribution in [0.2, 0.25) is 0 Å². The molecule has 0 radical (unpaired) electrons. The summed E-state index contributed by atoms with van der Waals surface area (Å²) in [6.07, 6.45) is 8.46. The summed E-state index contributed by atoms with van der Waals surface area (Å²) in [5, 5.41) is -0.298. The number of benzene rings is 1. The fourth-order valence-electron chi connectivity index (χ4n) is 3.15. The predicted octanol–water partition coefficient (Wildman–Crippen LogP) is 5.07. The second-order valence-electron chi connectivity index (χ2n) is 5.24. The van der Waals surface area contributed by atoms with Crippen molar-refractivity contribution in [3.05, 3.63) is 34.9 Å². The Morgan fingerprint density at radius 3 is 2.61 bits per heavy atom. The van der Waals surface area contributed by atoms with E-state index in [2.05, 4.69) is 13.0 Å². The van der Waals surface area contributed by atoms with Gasteiger partial charge < -0.3 is 0 Å². The maximum absolute atomic E-state index is 11.6. The van der Waals surface area contributed by atoms with Crippen LogP contribution >= 0.6 is 11.6 Å². The Morgan fingerprint density at radius 1 is 1.28 bits per heavy atom. The summed E-state index contributed by atoms with van der Waals surface area (Å²) in [7, 11) is 0. The zero-order chi connectivity index (χ0) is 13.0. The highest BCUT2D eigenvalue weighted by atomic mass is 35.5. The van der Waals surface area contributed by atoms with Crippen LogP contribution < -0.4 is 0 Å². The predicted molar refractivity (Wildman–Crippen MR) is 76.4 cm³/mol. The maximum atomic E-state index is 11.6. The minimum Gasteiger partial charge on any atom is -0.276 e. The first-order valence-corrected chi connectivity index (χ1v) is 7.43. The van der Waals surface area contributed by atoms with Gasteiger partial charge in [0.05, 0.1) is 0 Å². The highest BCUT2D eigenvalue weighted by Crippen LogP contribution is 2.37. The second-order valence-corrected chi connectivity index (χ2v) is 5.58. The van der Waals surface area contributed by atoms with Crippen LogP contribution in [0.3, 0.4) is 0 Å². The number of halogens is 1. The molecule has 0 N–H and O–H groups in total. The molecule has 98 valence electrons. The third-order valence-electron chi connectivity index (χ3n) is 3.94. The van der Waals surface area contributed by atoms with Gasteiger partial charge in [0.15, 0.2) is 0 Å². The largest absolute Gasteiger partial charge is 0.276 e. The first-order chi connectivity index (χ1) is 8.74. The van der Waals surface area contributed by atoms with Gasteiger partial charge in [-0.2, -0.15) is 0 Å². The van der Waals surface area contributed by atoms with Crippen molar-refractivity contribution in [2.75, 3.05) is 0 Å². The number of rotatable bonds is 4. The lowest BCUT2D eigenvalue weighted by atomic mass is 9.79. The Hall–Kier alpha value is -0.820. The van der Waals surface area contributed by atoms with Crippen LogP contribution in [-0.4, -0.2) is 5.24 Å². The molecule has 1 fully saturated rings. The number of hydrogen-bond acceptors (Lipinski definition) is 1. The van der Waals surface area contributed by atoms with E-state index in [4.69, 9.17) is 11.6 Å². The van der Waals surface area contributed by atoms with Crippen molar-refractivity contribution in [3.63, 3.8) is 0 Å². The molecule has 2 rings (SSSR count). The Kier molecular flexibility index (Phi) is 4.82. The van der Waals surface area contributed by atoms with Gasteiger partial charge in [0.1, 0.15) is 0 Å². The Balaban J connectivity index is 2.41. The van der Waals surface area contributed by atoms with Crippen molar-refractivity contribution in [3.8, 4) is 0 Å². The highest BCUT2D eigenvalue weighted by Gasteiger charge is 2.23. The monoisotopic (exact) mass is 264 g/mol. The summed E-state index contributed by atoms with van der Waals surface area (Å²) in [5.74, 6) is 0.541. The van der Waals surface area contributed by atoms with Gasteiger partial charge in [-0.15, -0.1) is 0 Å². The van der Waals surface area contributed by atoms with Gasteiger partial charge in [0, 0.05) is 5.56 Å². The van der Waals surface area contributed by atoms with Crippen molar-refractivity contribution in [1.82, 2.24) is 0 Å². The first-order valence-electron chi connectivity index (χ1n) is 7.05. The van der Waals surface area contributed by atoms with E-state index in [1.807, 2.05) is 12.1 Å². The molecule has 0 heterocycles. The molecule has 2 heteroatoms. The summed E-state index contributed by atoms with van der Waals surface area (Å²) < 4.78 is 0. The van der Waals surface area contributed by atoms with Gasteiger partial charge in [-0.05, 0) is 54.0 Å². The van der Waals surface area contributed by atoms with E-state index < -0.39 is 0 Å². The molecule has 0 saturated heterocycles. The lowest BCUT2D eigenvalue weighted by Crippen LogP contribution is -2.12. The number of aryl methyl sites for hydroxylation is 1. The van der Waals surface area contributed by atoms with Crippen molar-refractivity contribution in [2.45, 2.75) is 57.8 Å². The van der Waals surface area contributed by atoms with E-state index in [0.717, 1.165) is 18.4 Å². The summed E-state index contributed by atoms with van der Waals surface area (Å²) in [5.41, 5.74) is 3.32. The second kappa shape index (κ2) is 6.38. The van der Waals surface area contributed by atoms with Gasteiger partial charge >= 0.3 is 0 Å². The fourth-order valence-corrected chi connectivity index (χ4v) is 3.31. The smallest absolute Gasteiger partial charge is 0.252 e. The average molecular weight is 265 g/mol. The van der Waals surface area contributed by atoms with Crippen LogP contribution in [0, 0.1) is 0 Å². The van der Waals surface area contributed by atoms with Crippen LogP contribution in [0.25, 0.3) is 0 Å². The van der Waals surface area contributed by atoms with Crippen molar-refractivity contribution in [1.29, 1.82) is 0 Å². The van der Waals surface area contributed by atoms with Gasteiger partial charge in [-0.1, -0.05) is 44.7 Å². The van der Waals surface area contributed by atoms with Gasteiger partial charge in [-0.25, -0.2) is 0 Å². The molecule has 0 bridgehead atoms. The first kappa shape index (κ1) is 13.6. The van der Waals surface area contributed by atoms with Crippen LogP contribution in [0.4, 0.5) is 0 Å². The molecule has 0 amide bonds. The molecule has 1 saturated carbocycles. The molecule has 0 atom stereocenters. The molecule has 0 spiro atoms. The summed E-state index contributed by atoms with van der Waals surface area (Å²) in [6.45, 7) is 2.18. The molecule has 18 heavy (non-hydrogen) atoms. The fraction of sp³-hybridized carbons (Fsp3) is 0.562. The average Bonchev–Trinajstić information content (AvgIpc) is 2.40. The van der Waals surface area contributed by atoms with E-state index in [9.17, 15) is 4.79 Å². The summed E-state index contributed by atoms with van der Waals surface area (Å²) in [6, 6.07) is 6.02. The quantitative estimate of drug-likeness (QED) is 0.694. The normalized spacial score (nSPS) is 16.8. The molecule has 1 aliphatic rings. The van der Waals surface area contributed by atoms with Crippen LogP contribution in [-0.2, 0) is 6.42 Å². The Morgan fingerprint density at radius 2 is 2.00 bits per heavy atom. The Bertz CT molecular complexity index is 419. The van der Waals surface area contributed by atoms with Gasteiger partial charge in [0.25, 0.3) is 5.24 Å². The van der Waals surface area contributed by atoms with E-state index >= 15 is 0 Å². The SMILES string of the molecule is CCCc1cccc(C(=O)Cl)c1C1CCCCC1. The number of carbonyl (C=O) groups excluding carboxylic acids is 1. The standard InChI is InChI=1S/C16H21ClO/c1-2-7-12-10-6-11-14(16(17)18)15(12)13-8-4-3-5-9-13/h6,10-11,13H,2-5,7-9H2,1H3. The van der Waals surface area contributed by atoms with Crippen molar-refractivity contribution < 1.29 is 4.79 Å². The lowest BCUT2D eigenvalue weighted by Gasteiger charge is -2.26. The topological polar surface area (TPSA) is 17.1 Å². The highest BCUT2D eigenvalue weighted by molar-refractivity contribution is 6.68. The molecular weight excluding hydrogens is 244 g/mol. The van der Waals surface area contributed by atoms with E-state index in [1.165, 1.54) is 43.2 Å². The van der Waals surface area contributed by atoms with Crippen LogP contribution in [0.5, 0.6) is 0 Å². The van der Waals surface area contributed by atoms with E-state index in [-0.39, 0.29) is 5.24 Å². The molecular formula is C16H21ClO. The van der Waals surface area contributed by atoms with Gasteiger partial charge in [-0.3, -0.25) is 4.79 Å². The van der Waals surface area contributed by atoms with E-state index in [0.29, 0.717) is 5.92 Å². The molecule has 1 aliphatic carbocycles. The molecule has 0 aliphatic heterocycles. The minimum absolute atomic E-state index is 0.298. The third-order valence-corrected chi connectivity index (χ3v) is 4.14. The van der Waals surface area contributed by atoms with Gasteiger partial charge in [0.2, 0.25) is 0 Å². The molecule has 1 nitrogen and oxygen atoms in total. The Labute approximate surface area is 115 Å². The van der Waals surface area contributed by atoms with E-state index in [1.54, 1.807) is 0 Å². The lowest BCUT2D eigenvalue weighted by molar-refractivity contribution is 0.107. The number of carbonyl (C=O) groups is 1. The number of hydrogen-bond donors (Lipinski definition) is 0. The summed E-state index contributed by atoms with van der Waals surface area (Å²) >= 11 is 5.76. The zero-order valence-electron chi connectivity index (χ0n) is 11.0. The van der Waals surface area contributed by atoms with Crippen molar-refractivity contribution in [2.24, 2.45) is 0 Å². The van der Waals surface area contributed by atoms with Crippen LogP contribution in [0.1, 0.15) is 72.9 Å². The maximum Gasteiger partial charge on any atom is 0.252 e. The van der Waals surface area contributed by atoms with Crippen molar-refractivity contribution >= 4 is 16.8 Å². The zero-order valence-corrected chi connectivity index (χ0v) is 11.8. The molecule has 1 aromatic carbocycles. The molecule has 0 unspecified atom stereocenters. The molecule has 0 aromatic heterocycles.